The van der Waals surface area contributed by atoms with Gasteiger partial charge >= 0.3 is 0 Å². The predicted molar refractivity (Wildman–Crippen MR) is 63.3 cm³/mol. The molecule has 14 heavy (non-hydrogen) atoms. The predicted octanol–water partition coefficient (Wildman–Crippen LogP) is 2.85. The van der Waals surface area contributed by atoms with Gasteiger partial charge in [0.1, 0.15) is 0 Å². The lowest BCUT2D eigenvalue weighted by Crippen LogP contribution is -2.18. The van der Waals surface area contributed by atoms with Crippen molar-refractivity contribution >= 4 is 11.4 Å². The summed E-state index contributed by atoms with van der Waals surface area (Å²) in [5, 5.41) is 0. The number of anilines is 2. The fraction of sp³-hybridized carbons (Fsp3) is 0.500. The van der Waals surface area contributed by atoms with Crippen molar-refractivity contribution in [1.29, 1.82) is 0 Å². The second-order valence-electron chi connectivity index (χ2n) is 4.48. The van der Waals surface area contributed by atoms with Crippen molar-refractivity contribution < 1.29 is 0 Å². The van der Waals surface area contributed by atoms with E-state index in [2.05, 4.69) is 20.8 Å². The van der Waals surface area contributed by atoms with Crippen LogP contribution in [0.15, 0.2) is 12.1 Å². The molecule has 2 nitrogen and oxygen atoms in total. The molecule has 2 heteroatoms. The molecule has 0 saturated heterocycles. The highest BCUT2D eigenvalue weighted by molar-refractivity contribution is 5.66. The van der Waals surface area contributed by atoms with Crippen LogP contribution in [0.1, 0.15) is 38.3 Å². The van der Waals surface area contributed by atoms with E-state index in [1.165, 1.54) is 5.56 Å². The standard InChI is InChI=1S/C12H20N2/c1-5-12(3,4)9-6-7-10(13)8(2)11(9)14/h6-7H,5,13-14H2,1-4H3. The zero-order valence-electron chi connectivity index (χ0n) is 9.52. The van der Waals surface area contributed by atoms with Gasteiger partial charge in [-0.3, -0.25) is 0 Å². The maximum Gasteiger partial charge on any atom is 0.0402 e. The van der Waals surface area contributed by atoms with Crippen LogP contribution in [0.2, 0.25) is 0 Å². The molecule has 1 aromatic rings. The molecule has 1 aromatic carbocycles. The average molecular weight is 192 g/mol. The normalized spacial score (nSPS) is 11.7. The topological polar surface area (TPSA) is 52.0 Å². The number of hydrogen-bond donors (Lipinski definition) is 2. The van der Waals surface area contributed by atoms with Crippen LogP contribution in [-0.4, -0.2) is 0 Å². The summed E-state index contributed by atoms with van der Waals surface area (Å²) in [7, 11) is 0. The van der Waals surface area contributed by atoms with Crippen molar-refractivity contribution in [3.63, 3.8) is 0 Å². The van der Waals surface area contributed by atoms with Crippen molar-refractivity contribution in [2.45, 2.75) is 39.5 Å². The molecule has 0 heterocycles. The molecule has 0 spiro atoms. The molecule has 0 aliphatic heterocycles. The van der Waals surface area contributed by atoms with Gasteiger partial charge < -0.3 is 11.5 Å². The first-order valence-electron chi connectivity index (χ1n) is 5.05. The minimum absolute atomic E-state index is 0.128. The zero-order valence-corrected chi connectivity index (χ0v) is 9.52. The Kier molecular flexibility index (Phi) is 2.74. The molecule has 0 aliphatic carbocycles. The molecule has 78 valence electrons. The van der Waals surface area contributed by atoms with E-state index in [4.69, 9.17) is 11.5 Å². The Balaban J connectivity index is 3.31. The molecular formula is C12H20N2. The van der Waals surface area contributed by atoms with Gasteiger partial charge in [0.2, 0.25) is 0 Å². The second-order valence-corrected chi connectivity index (χ2v) is 4.48. The summed E-state index contributed by atoms with van der Waals surface area (Å²) in [6, 6.07) is 3.99. The Morgan fingerprint density at radius 1 is 1.21 bits per heavy atom. The van der Waals surface area contributed by atoms with Crippen molar-refractivity contribution in [2.24, 2.45) is 0 Å². The summed E-state index contributed by atoms with van der Waals surface area (Å²) in [6.45, 7) is 8.55. The zero-order chi connectivity index (χ0) is 10.9. The quantitative estimate of drug-likeness (QED) is 0.708. The van der Waals surface area contributed by atoms with Gasteiger partial charge in [-0.25, -0.2) is 0 Å². The number of nitrogen functional groups attached to an aromatic ring is 2. The Labute approximate surface area is 86.3 Å². The summed E-state index contributed by atoms with van der Waals surface area (Å²) in [5.41, 5.74) is 15.8. The van der Waals surface area contributed by atoms with Crippen LogP contribution in [0.5, 0.6) is 0 Å². The molecule has 0 radical (unpaired) electrons. The largest absolute Gasteiger partial charge is 0.398 e. The third kappa shape index (κ3) is 1.69. The Hall–Kier alpha value is -1.18. The lowest BCUT2D eigenvalue weighted by Gasteiger charge is -2.26. The van der Waals surface area contributed by atoms with Gasteiger partial charge in [-0.05, 0) is 36.0 Å². The molecule has 0 fully saturated rings. The summed E-state index contributed by atoms with van der Waals surface area (Å²) in [6.07, 6.45) is 1.07. The number of rotatable bonds is 2. The van der Waals surface area contributed by atoms with Crippen LogP contribution in [0.25, 0.3) is 0 Å². The number of hydrogen-bond acceptors (Lipinski definition) is 2. The van der Waals surface area contributed by atoms with Gasteiger partial charge in [0.15, 0.2) is 0 Å². The molecule has 0 bridgehead atoms. The van der Waals surface area contributed by atoms with E-state index >= 15 is 0 Å². The molecule has 0 unspecified atom stereocenters. The van der Waals surface area contributed by atoms with E-state index in [1.54, 1.807) is 0 Å². The minimum Gasteiger partial charge on any atom is -0.398 e. The van der Waals surface area contributed by atoms with E-state index in [9.17, 15) is 0 Å². The molecule has 0 saturated carbocycles. The highest BCUT2D eigenvalue weighted by Gasteiger charge is 2.21. The van der Waals surface area contributed by atoms with Gasteiger partial charge in [0.05, 0.1) is 0 Å². The highest BCUT2D eigenvalue weighted by Crippen LogP contribution is 2.34. The van der Waals surface area contributed by atoms with E-state index in [-0.39, 0.29) is 5.41 Å². The maximum atomic E-state index is 6.07. The Bertz CT molecular complexity index is 340. The smallest absolute Gasteiger partial charge is 0.0402 e. The molecule has 4 N–H and O–H groups in total. The number of nitrogens with two attached hydrogens (primary N) is 2. The first-order valence-corrected chi connectivity index (χ1v) is 5.05. The van der Waals surface area contributed by atoms with E-state index < -0.39 is 0 Å². The highest BCUT2D eigenvalue weighted by atomic mass is 14.6. The molecule has 0 aromatic heterocycles. The monoisotopic (exact) mass is 192 g/mol. The van der Waals surface area contributed by atoms with Crippen LogP contribution >= 0.6 is 0 Å². The van der Waals surface area contributed by atoms with Gasteiger partial charge in [-0.2, -0.15) is 0 Å². The van der Waals surface area contributed by atoms with Crippen molar-refractivity contribution in [2.75, 3.05) is 11.5 Å². The molecule has 0 aliphatic rings. The van der Waals surface area contributed by atoms with Crippen molar-refractivity contribution in [3.8, 4) is 0 Å². The summed E-state index contributed by atoms with van der Waals surface area (Å²) in [4.78, 5) is 0. The summed E-state index contributed by atoms with van der Waals surface area (Å²) in [5.74, 6) is 0. The van der Waals surface area contributed by atoms with Gasteiger partial charge in [0, 0.05) is 11.4 Å². The lowest BCUT2D eigenvalue weighted by molar-refractivity contribution is 0.508. The second kappa shape index (κ2) is 3.52. The summed E-state index contributed by atoms with van der Waals surface area (Å²) >= 11 is 0. The number of benzene rings is 1. The van der Waals surface area contributed by atoms with Gasteiger partial charge in [0.25, 0.3) is 0 Å². The van der Waals surface area contributed by atoms with Gasteiger partial charge in [-0.1, -0.05) is 26.8 Å². The fourth-order valence-corrected chi connectivity index (χ4v) is 1.53. The van der Waals surface area contributed by atoms with Crippen molar-refractivity contribution in [1.82, 2.24) is 0 Å². The SMILES string of the molecule is CCC(C)(C)c1ccc(N)c(C)c1N. The first-order chi connectivity index (χ1) is 6.40. The van der Waals surface area contributed by atoms with Crippen LogP contribution in [-0.2, 0) is 5.41 Å². The van der Waals surface area contributed by atoms with Crippen LogP contribution in [0, 0.1) is 6.92 Å². The average Bonchev–Trinajstić information content (AvgIpc) is 2.14. The van der Waals surface area contributed by atoms with E-state index in [1.807, 2.05) is 19.1 Å². The van der Waals surface area contributed by atoms with E-state index in [0.717, 1.165) is 23.4 Å². The molecule has 0 amide bonds. The fourth-order valence-electron chi connectivity index (χ4n) is 1.53. The van der Waals surface area contributed by atoms with E-state index in [0.29, 0.717) is 0 Å². The minimum atomic E-state index is 0.128. The summed E-state index contributed by atoms with van der Waals surface area (Å²) < 4.78 is 0. The lowest BCUT2D eigenvalue weighted by atomic mass is 9.80. The first kappa shape index (κ1) is 10.9. The van der Waals surface area contributed by atoms with Crippen molar-refractivity contribution in [3.05, 3.63) is 23.3 Å². The third-order valence-corrected chi connectivity index (χ3v) is 3.17. The van der Waals surface area contributed by atoms with Crippen LogP contribution < -0.4 is 11.5 Å². The van der Waals surface area contributed by atoms with Crippen LogP contribution in [0.4, 0.5) is 11.4 Å². The van der Waals surface area contributed by atoms with Crippen LogP contribution in [0.3, 0.4) is 0 Å². The third-order valence-electron chi connectivity index (χ3n) is 3.17. The maximum absolute atomic E-state index is 6.07. The van der Waals surface area contributed by atoms with Gasteiger partial charge in [-0.15, -0.1) is 0 Å². The molecule has 1 rings (SSSR count). The molecular weight excluding hydrogens is 172 g/mol. The Morgan fingerprint density at radius 3 is 2.29 bits per heavy atom. The molecule has 0 atom stereocenters. The Morgan fingerprint density at radius 2 is 1.79 bits per heavy atom.